The number of benzene rings is 7. The average Bonchev–Trinajstić information content (AvgIpc) is 3.67. The molecular weight excluding hydrogens is 585 g/mol. The van der Waals surface area contributed by atoms with Gasteiger partial charge in [0.15, 0.2) is 11.4 Å². The minimum atomic E-state index is 0.573. The number of hydrogen-bond acceptors (Lipinski definition) is 0. The molecule has 9 rings (SSSR count). The smallest absolute Gasteiger partial charge is 0.189 e. The van der Waals surface area contributed by atoms with Crippen LogP contribution in [0.25, 0.3) is 86.9 Å². The van der Waals surface area contributed by atoms with Crippen LogP contribution in [-0.4, -0.2) is 9.13 Å². The molecule has 0 saturated carbocycles. The maximum absolute atomic E-state index is 7.88. The van der Waals surface area contributed by atoms with E-state index in [2.05, 4.69) is 134 Å². The quantitative estimate of drug-likeness (QED) is 0.177. The maximum atomic E-state index is 7.88. The van der Waals surface area contributed by atoms with E-state index in [1.165, 1.54) is 21.8 Å². The van der Waals surface area contributed by atoms with Crippen LogP contribution in [-0.2, 0) is 0 Å². The standard InChI is InChI=1S/C44H26N4/c1-45-30-23-25-43-39(27-30)37-18-7-10-21-42(37)48(43)44-28-31(46-2)22-24-38(44)34-15-4-3-14-33(34)29-12-11-13-32(26-29)47-40-19-8-5-16-35(40)36-17-6-9-20-41(36)47/h3-28H. The average molecular weight is 611 g/mol. The third-order valence-electron chi connectivity index (χ3n) is 9.35. The van der Waals surface area contributed by atoms with Gasteiger partial charge in [0.25, 0.3) is 0 Å². The van der Waals surface area contributed by atoms with Gasteiger partial charge in [-0.2, -0.15) is 0 Å². The molecule has 0 radical (unpaired) electrons. The van der Waals surface area contributed by atoms with Gasteiger partial charge >= 0.3 is 0 Å². The fraction of sp³-hybridized carbons (Fsp3) is 0. The lowest BCUT2D eigenvalue weighted by molar-refractivity contribution is 1.18. The Labute approximate surface area is 277 Å². The lowest BCUT2D eigenvalue weighted by Crippen LogP contribution is -1.98. The van der Waals surface area contributed by atoms with E-state index in [1.807, 2.05) is 42.5 Å². The molecule has 9 aromatic rings. The molecule has 7 aromatic carbocycles. The minimum absolute atomic E-state index is 0.573. The van der Waals surface area contributed by atoms with E-state index in [4.69, 9.17) is 13.1 Å². The molecule has 0 N–H and O–H groups in total. The van der Waals surface area contributed by atoms with Crippen LogP contribution in [0.2, 0.25) is 0 Å². The van der Waals surface area contributed by atoms with E-state index in [0.717, 1.165) is 55.4 Å². The van der Waals surface area contributed by atoms with Crippen LogP contribution < -0.4 is 0 Å². The zero-order valence-electron chi connectivity index (χ0n) is 25.8. The highest BCUT2D eigenvalue weighted by Gasteiger charge is 2.19. The molecule has 2 aromatic heterocycles. The first-order valence-electron chi connectivity index (χ1n) is 15.8. The molecule has 0 fully saturated rings. The minimum Gasteiger partial charge on any atom is -0.310 e. The second-order valence-electron chi connectivity index (χ2n) is 11.9. The fourth-order valence-electron chi connectivity index (χ4n) is 7.28. The van der Waals surface area contributed by atoms with Gasteiger partial charge in [-0.1, -0.05) is 109 Å². The zero-order chi connectivity index (χ0) is 32.2. The molecule has 48 heavy (non-hydrogen) atoms. The van der Waals surface area contributed by atoms with Crippen molar-refractivity contribution in [2.45, 2.75) is 0 Å². The second-order valence-corrected chi connectivity index (χ2v) is 11.9. The molecular formula is C44H26N4. The maximum Gasteiger partial charge on any atom is 0.189 e. The first-order chi connectivity index (χ1) is 23.7. The molecule has 4 heteroatoms. The van der Waals surface area contributed by atoms with Crippen molar-refractivity contribution in [1.29, 1.82) is 0 Å². The molecule has 0 spiro atoms. The molecule has 0 saturated heterocycles. The van der Waals surface area contributed by atoms with Crippen molar-refractivity contribution in [2.75, 3.05) is 0 Å². The first kappa shape index (κ1) is 27.4. The summed E-state index contributed by atoms with van der Waals surface area (Å²) < 4.78 is 4.59. The highest BCUT2D eigenvalue weighted by molar-refractivity contribution is 6.11. The van der Waals surface area contributed by atoms with Gasteiger partial charge in [0.1, 0.15) is 0 Å². The van der Waals surface area contributed by atoms with Gasteiger partial charge in [-0.05, 0) is 70.6 Å². The largest absolute Gasteiger partial charge is 0.310 e. The predicted molar refractivity (Wildman–Crippen MR) is 199 cm³/mol. The predicted octanol–water partition coefficient (Wildman–Crippen LogP) is 12.3. The van der Waals surface area contributed by atoms with Gasteiger partial charge < -0.3 is 9.13 Å². The summed E-state index contributed by atoms with van der Waals surface area (Å²) in [7, 11) is 0. The zero-order valence-corrected chi connectivity index (χ0v) is 25.8. The van der Waals surface area contributed by atoms with E-state index < -0.39 is 0 Å². The Balaban J connectivity index is 1.28. The van der Waals surface area contributed by atoms with Crippen LogP contribution in [0, 0.1) is 13.1 Å². The Morgan fingerprint density at radius 2 is 0.917 bits per heavy atom. The highest BCUT2D eigenvalue weighted by Crippen LogP contribution is 2.42. The van der Waals surface area contributed by atoms with Crippen molar-refractivity contribution in [3.63, 3.8) is 0 Å². The molecule has 0 aliphatic rings. The molecule has 0 bridgehead atoms. The van der Waals surface area contributed by atoms with Crippen molar-refractivity contribution >= 4 is 55.0 Å². The third kappa shape index (κ3) is 4.14. The van der Waals surface area contributed by atoms with Gasteiger partial charge in [0, 0.05) is 33.1 Å². The number of rotatable bonds is 4. The van der Waals surface area contributed by atoms with Gasteiger partial charge in [0.2, 0.25) is 0 Å². The normalized spacial score (nSPS) is 11.3. The Bertz CT molecular complexity index is 2760. The topological polar surface area (TPSA) is 18.6 Å². The van der Waals surface area contributed by atoms with Crippen LogP contribution in [0.3, 0.4) is 0 Å². The number of para-hydroxylation sites is 3. The lowest BCUT2D eigenvalue weighted by Gasteiger charge is -2.18. The molecule has 2 heterocycles. The number of nitrogens with zero attached hydrogens (tertiary/aromatic N) is 4. The number of fused-ring (bicyclic) bond motifs is 6. The number of hydrogen-bond donors (Lipinski definition) is 0. The Hall–Kier alpha value is -6.88. The molecule has 0 unspecified atom stereocenters. The Morgan fingerprint density at radius 3 is 1.60 bits per heavy atom. The molecule has 4 nitrogen and oxygen atoms in total. The summed E-state index contributed by atoms with van der Waals surface area (Å²) in [5, 5.41) is 4.56. The molecule has 0 aliphatic carbocycles. The van der Waals surface area contributed by atoms with Gasteiger partial charge in [0.05, 0.1) is 35.2 Å². The summed E-state index contributed by atoms with van der Waals surface area (Å²) in [6.07, 6.45) is 0. The SMILES string of the molecule is [C-]#[N+]c1ccc(-c2ccccc2-c2cccc(-n3c4ccccc4c4ccccc43)c2)c(-n2c3ccccc3c3cc([N+]#[C-])ccc32)c1. The van der Waals surface area contributed by atoms with Crippen molar-refractivity contribution in [3.8, 4) is 33.6 Å². The molecule has 0 atom stereocenters. The van der Waals surface area contributed by atoms with Crippen LogP contribution in [0.15, 0.2) is 158 Å². The summed E-state index contributed by atoms with van der Waals surface area (Å²) in [5.41, 5.74) is 11.9. The molecule has 222 valence electrons. The first-order valence-corrected chi connectivity index (χ1v) is 15.8. The van der Waals surface area contributed by atoms with Crippen molar-refractivity contribution in [3.05, 3.63) is 181 Å². The van der Waals surface area contributed by atoms with Crippen molar-refractivity contribution in [1.82, 2.24) is 9.13 Å². The fourth-order valence-corrected chi connectivity index (χ4v) is 7.28. The van der Waals surface area contributed by atoms with E-state index in [9.17, 15) is 0 Å². The molecule has 0 amide bonds. The summed E-state index contributed by atoms with van der Waals surface area (Å²) in [6.45, 7) is 15.5. The monoisotopic (exact) mass is 610 g/mol. The lowest BCUT2D eigenvalue weighted by atomic mass is 9.93. The molecule has 0 aliphatic heterocycles. The third-order valence-corrected chi connectivity index (χ3v) is 9.35. The van der Waals surface area contributed by atoms with Crippen LogP contribution in [0.1, 0.15) is 0 Å². The summed E-state index contributed by atoms with van der Waals surface area (Å²) in [5.74, 6) is 0. The Kier molecular flexibility index (Phi) is 6.22. The van der Waals surface area contributed by atoms with Crippen LogP contribution in [0.5, 0.6) is 0 Å². The Morgan fingerprint density at radius 1 is 0.375 bits per heavy atom. The van der Waals surface area contributed by atoms with Crippen LogP contribution in [0.4, 0.5) is 11.4 Å². The van der Waals surface area contributed by atoms with E-state index >= 15 is 0 Å². The van der Waals surface area contributed by atoms with Crippen molar-refractivity contribution < 1.29 is 0 Å². The second kappa shape index (κ2) is 10.9. The number of aromatic nitrogens is 2. The van der Waals surface area contributed by atoms with Crippen molar-refractivity contribution in [2.24, 2.45) is 0 Å². The van der Waals surface area contributed by atoms with E-state index in [1.54, 1.807) is 0 Å². The van der Waals surface area contributed by atoms with Gasteiger partial charge in [-0.3, -0.25) is 0 Å². The van der Waals surface area contributed by atoms with E-state index in [0.29, 0.717) is 11.4 Å². The van der Waals surface area contributed by atoms with Gasteiger partial charge in [-0.15, -0.1) is 0 Å². The van der Waals surface area contributed by atoms with E-state index in [-0.39, 0.29) is 0 Å². The summed E-state index contributed by atoms with van der Waals surface area (Å²) in [6, 6.07) is 54.6. The summed E-state index contributed by atoms with van der Waals surface area (Å²) >= 11 is 0. The highest BCUT2D eigenvalue weighted by atomic mass is 15.0. The summed E-state index contributed by atoms with van der Waals surface area (Å²) in [4.78, 5) is 7.53. The van der Waals surface area contributed by atoms with Gasteiger partial charge in [-0.25, -0.2) is 9.69 Å². The van der Waals surface area contributed by atoms with Crippen LogP contribution >= 0.6 is 0 Å².